The quantitative estimate of drug-likeness (QED) is 0.924. The fourth-order valence-corrected chi connectivity index (χ4v) is 3.32. The van der Waals surface area contributed by atoms with Gasteiger partial charge in [-0.25, -0.2) is 0 Å². The third-order valence-electron chi connectivity index (χ3n) is 2.68. The number of carbonyl (C=O) groups is 1. The molecule has 1 N–H and O–H groups in total. The second-order valence-corrected chi connectivity index (χ2v) is 6.84. The van der Waals surface area contributed by atoms with E-state index in [0.29, 0.717) is 17.0 Å². The van der Waals surface area contributed by atoms with Crippen molar-refractivity contribution >= 4 is 33.7 Å². The minimum absolute atomic E-state index is 0.0924. The van der Waals surface area contributed by atoms with Crippen LogP contribution in [-0.2, 0) is 0 Å². The second kappa shape index (κ2) is 5.79. The van der Waals surface area contributed by atoms with Gasteiger partial charge in [0, 0.05) is 5.92 Å². The Balaban J connectivity index is 2.14. The van der Waals surface area contributed by atoms with E-state index < -0.39 is 0 Å². The van der Waals surface area contributed by atoms with Crippen molar-refractivity contribution in [2.45, 2.75) is 39.5 Å². The molecule has 0 saturated carbocycles. The zero-order valence-electron chi connectivity index (χ0n) is 11.4. The molecule has 0 atom stereocenters. The number of anilines is 1. The number of aromatic nitrogens is 2. The summed E-state index contributed by atoms with van der Waals surface area (Å²) in [6.07, 6.45) is 0. The third-order valence-corrected chi connectivity index (χ3v) is 4.75. The minimum Gasteiger partial charge on any atom is -0.296 e. The van der Waals surface area contributed by atoms with E-state index in [4.69, 9.17) is 0 Å². The molecule has 2 rings (SSSR count). The number of nitrogens with zero attached hydrogens (tertiary/aromatic N) is 2. The van der Waals surface area contributed by atoms with Crippen LogP contribution in [0.3, 0.4) is 0 Å². The summed E-state index contributed by atoms with van der Waals surface area (Å²) in [5.41, 5.74) is 1.08. The Hall–Kier alpha value is -1.27. The van der Waals surface area contributed by atoms with Gasteiger partial charge in [-0.15, -0.1) is 21.5 Å². The van der Waals surface area contributed by atoms with Crippen molar-refractivity contribution in [3.8, 4) is 0 Å². The molecule has 0 aliphatic carbocycles. The van der Waals surface area contributed by atoms with Crippen LogP contribution in [0.15, 0.2) is 11.4 Å². The lowest BCUT2D eigenvalue weighted by Crippen LogP contribution is -2.12. The molecule has 2 aromatic rings. The molecule has 102 valence electrons. The lowest BCUT2D eigenvalue weighted by Gasteiger charge is -2.05. The molecule has 0 bridgehead atoms. The van der Waals surface area contributed by atoms with Gasteiger partial charge in [0.05, 0.1) is 4.88 Å². The van der Waals surface area contributed by atoms with Gasteiger partial charge in [-0.05, 0) is 22.9 Å². The highest BCUT2D eigenvalue weighted by Gasteiger charge is 2.17. The number of hydrogen-bond acceptors (Lipinski definition) is 5. The highest BCUT2D eigenvalue weighted by molar-refractivity contribution is 7.15. The molecule has 1 amide bonds. The number of nitrogens with one attached hydrogen (secondary N) is 1. The standard InChI is InChI=1S/C13H17N3OS2/c1-7(2)9-5-6-18-10(9)11(17)14-13-16-15-12(19-13)8(3)4/h5-8H,1-4H3,(H,14,16,17). The topological polar surface area (TPSA) is 54.9 Å². The van der Waals surface area contributed by atoms with Crippen molar-refractivity contribution in [1.29, 1.82) is 0 Å². The highest BCUT2D eigenvalue weighted by atomic mass is 32.1. The molecular weight excluding hydrogens is 278 g/mol. The first-order valence-electron chi connectivity index (χ1n) is 6.21. The van der Waals surface area contributed by atoms with Gasteiger partial charge in [-0.2, -0.15) is 0 Å². The summed E-state index contributed by atoms with van der Waals surface area (Å²) < 4.78 is 0. The maximum absolute atomic E-state index is 12.2. The van der Waals surface area contributed by atoms with Gasteiger partial charge in [0.1, 0.15) is 5.01 Å². The highest BCUT2D eigenvalue weighted by Crippen LogP contribution is 2.27. The van der Waals surface area contributed by atoms with E-state index in [1.54, 1.807) is 0 Å². The Bertz CT molecular complexity index is 572. The fourth-order valence-electron chi connectivity index (χ4n) is 1.63. The van der Waals surface area contributed by atoms with Gasteiger partial charge in [-0.1, -0.05) is 39.0 Å². The average Bonchev–Trinajstić information content (AvgIpc) is 2.96. The van der Waals surface area contributed by atoms with Gasteiger partial charge in [0.25, 0.3) is 5.91 Å². The minimum atomic E-state index is -0.0924. The Labute approximate surface area is 120 Å². The molecule has 0 radical (unpaired) electrons. The molecule has 0 saturated heterocycles. The van der Waals surface area contributed by atoms with Crippen LogP contribution in [0, 0.1) is 0 Å². The smallest absolute Gasteiger partial charge is 0.267 e. The van der Waals surface area contributed by atoms with E-state index in [2.05, 4.69) is 43.2 Å². The first-order chi connectivity index (χ1) is 8.99. The van der Waals surface area contributed by atoms with Crippen LogP contribution in [-0.4, -0.2) is 16.1 Å². The largest absolute Gasteiger partial charge is 0.296 e. The molecule has 19 heavy (non-hydrogen) atoms. The van der Waals surface area contributed by atoms with Crippen molar-refractivity contribution < 1.29 is 4.79 Å². The predicted molar refractivity (Wildman–Crippen MR) is 80.4 cm³/mol. The maximum Gasteiger partial charge on any atom is 0.267 e. The SMILES string of the molecule is CC(C)c1nnc(NC(=O)c2sccc2C(C)C)s1. The first-order valence-corrected chi connectivity index (χ1v) is 7.90. The van der Waals surface area contributed by atoms with Crippen LogP contribution in [0.5, 0.6) is 0 Å². The molecule has 2 aromatic heterocycles. The summed E-state index contributed by atoms with van der Waals surface area (Å²) in [6, 6.07) is 2.00. The molecule has 0 aliphatic rings. The summed E-state index contributed by atoms with van der Waals surface area (Å²) in [7, 11) is 0. The van der Waals surface area contributed by atoms with Crippen molar-refractivity contribution in [3.05, 3.63) is 26.9 Å². The summed E-state index contributed by atoms with van der Waals surface area (Å²) in [6.45, 7) is 8.28. The molecule has 0 spiro atoms. The van der Waals surface area contributed by atoms with E-state index in [1.807, 2.05) is 11.4 Å². The van der Waals surface area contributed by atoms with E-state index in [9.17, 15) is 4.79 Å². The van der Waals surface area contributed by atoms with Gasteiger partial charge in [0.2, 0.25) is 5.13 Å². The van der Waals surface area contributed by atoms with E-state index in [-0.39, 0.29) is 5.91 Å². The van der Waals surface area contributed by atoms with Crippen LogP contribution in [0.4, 0.5) is 5.13 Å². The normalized spacial score (nSPS) is 11.3. The Morgan fingerprint density at radius 3 is 2.53 bits per heavy atom. The van der Waals surface area contributed by atoms with Gasteiger partial charge >= 0.3 is 0 Å². The molecule has 0 aromatic carbocycles. The molecule has 0 fully saturated rings. The zero-order chi connectivity index (χ0) is 14.0. The first kappa shape index (κ1) is 14.1. The molecule has 0 unspecified atom stereocenters. The number of hydrogen-bond donors (Lipinski definition) is 1. The number of rotatable bonds is 4. The second-order valence-electron chi connectivity index (χ2n) is 4.91. The average molecular weight is 295 g/mol. The number of carbonyl (C=O) groups excluding carboxylic acids is 1. The Kier molecular flexibility index (Phi) is 4.31. The molecule has 0 aliphatic heterocycles. The van der Waals surface area contributed by atoms with Crippen LogP contribution in [0.1, 0.15) is 59.8 Å². The summed E-state index contributed by atoms with van der Waals surface area (Å²) in [4.78, 5) is 13.0. The Morgan fingerprint density at radius 2 is 1.95 bits per heavy atom. The molecule has 4 nitrogen and oxygen atoms in total. The van der Waals surface area contributed by atoms with Crippen LogP contribution < -0.4 is 5.32 Å². The van der Waals surface area contributed by atoms with Gasteiger partial charge in [0.15, 0.2) is 0 Å². The zero-order valence-corrected chi connectivity index (χ0v) is 13.1. The van der Waals surface area contributed by atoms with E-state index >= 15 is 0 Å². The van der Waals surface area contributed by atoms with Crippen LogP contribution in [0.25, 0.3) is 0 Å². The van der Waals surface area contributed by atoms with Crippen molar-refractivity contribution in [2.24, 2.45) is 0 Å². The summed E-state index contributed by atoms with van der Waals surface area (Å²) in [5.74, 6) is 0.578. The maximum atomic E-state index is 12.2. The molecule has 6 heteroatoms. The van der Waals surface area contributed by atoms with E-state index in [1.165, 1.54) is 22.7 Å². The monoisotopic (exact) mass is 295 g/mol. The number of thiophene rings is 1. The lowest BCUT2D eigenvalue weighted by molar-refractivity contribution is 0.102. The lowest BCUT2D eigenvalue weighted by atomic mass is 10.0. The predicted octanol–water partition coefficient (Wildman–Crippen LogP) is 4.10. The van der Waals surface area contributed by atoms with E-state index in [0.717, 1.165) is 15.4 Å². The summed E-state index contributed by atoms with van der Waals surface area (Å²) >= 11 is 2.89. The number of amides is 1. The van der Waals surface area contributed by atoms with Gasteiger partial charge < -0.3 is 0 Å². The van der Waals surface area contributed by atoms with Crippen molar-refractivity contribution in [3.63, 3.8) is 0 Å². The van der Waals surface area contributed by atoms with Crippen molar-refractivity contribution in [1.82, 2.24) is 10.2 Å². The van der Waals surface area contributed by atoms with Gasteiger partial charge in [-0.3, -0.25) is 10.1 Å². The fraction of sp³-hybridized carbons (Fsp3) is 0.462. The van der Waals surface area contributed by atoms with Crippen LogP contribution >= 0.6 is 22.7 Å². The van der Waals surface area contributed by atoms with Crippen LogP contribution in [0.2, 0.25) is 0 Å². The van der Waals surface area contributed by atoms with Crippen molar-refractivity contribution in [2.75, 3.05) is 5.32 Å². The Morgan fingerprint density at radius 1 is 1.21 bits per heavy atom. The molecular formula is C13H17N3OS2. The third kappa shape index (κ3) is 3.19. The summed E-state index contributed by atoms with van der Waals surface area (Å²) in [5, 5.41) is 14.3. The molecule has 2 heterocycles.